The Hall–Kier alpha value is -2.82. The van der Waals surface area contributed by atoms with Crippen LogP contribution in [-0.2, 0) is 9.53 Å². The molecule has 2 atom stereocenters. The van der Waals surface area contributed by atoms with Crippen LogP contribution in [0.5, 0.6) is 0 Å². The van der Waals surface area contributed by atoms with E-state index in [1.54, 1.807) is 6.92 Å². The van der Waals surface area contributed by atoms with Crippen molar-refractivity contribution < 1.29 is 14.3 Å². The van der Waals surface area contributed by atoms with E-state index in [9.17, 15) is 9.59 Å². The third-order valence-corrected chi connectivity index (χ3v) is 5.44. The molecule has 0 saturated carbocycles. The van der Waals surface area contributed by atoms with Gasteiger partial charge in [-0.05, 0) is 44.0 Å². The van der Waals surface area contributed by atoms with Crippen LogP contribution in [0.2, 0.25) is 0 Å². The number of hydrogen-bond donors (Lipinski definition) is 0. The first-order valence-corrected chi connectivity index (χ1v) is 9.07. The molecule has 0 bridgehead atoms. The number of hydrogen-bond acceptors (Lipinski definition) is 4. The minimum Gasteiger partial charge on any atom is -0.404 e. The second kappa shape index (κ2) is 6.16. The van der Waals surface area contributed by atoms with Crippen LogP contribution in [0, 0.1) is 0 Å². The van der Waals surface area contributed by atoms with E-state index in [0.717, 1.165) is 17.0 Å². The number of benzene rings is 1. The van der Waals surface area contributed by atoms with Crippen LogP contribution in [0.25, 0.3) is 5.57 Å². The highest BCUT2D eigenvalue weighted by Gasteiger charge is 2.38. The van der Waals surface area contributed by atoms with Crippen molar-refractivity contribution in [2.45, 2.75) is 32.7 Å². The van der Waals surface area contributed by atoms with E-state index in [0.29, 0.717) is 24.1 Å². The highest BCUT2D eigenvalue weighted by molar-refractivity contribution is 6.11. The number of nitrogens with zero attached hydrogens (tertiary/aromatic N) is 2. The first-order chi connectivity index (χ1) is 12.6. The zero-order chi connectivity index (χ0) is 18.4. The van der Waals surface area contributed by atoms with Crippen molar-refractivity contribution in [2.24, 2.45) is 0 Å². The van der Waals surface area contributed by atoms with Gasteiger partial charge in [0.15, 0.2) is 0 Å². The zero-order valence-electron chi connectivity index (χ0n) is 15.2. The Balaban J connectivity index is 1.76. The molecule has 5 heteroatoms. The van der Waals surface area contributed by atoms with Gasteiger partial charge in [0.25, 0.3) is 5.91 Å². The monoisotopic (exact) mass is 350 g/mol. The van der Waals surface area contributed by atoms with Gasteiger partial charge in [0.2, 0.25) is 5.76 Å². The normalized spacial score (nSPS) is 25.5. The summed E-state index contributed by atoms with van der Waals surface area (Å²) in [5.74, 6) is 0.0866. The maximum absolute atomic E-state index is 12.4. The van der Waals surface area contributed by atoms with E-state index in [-0.39, 0.29) is 11.7 Å². The van der Waals surface area contributed by atoms with E-state index < -0.39 is 6.09 Å². The van der Waals surface area contributed by atoms with Gasteiger partial charge in [0, 0.05) is 30.3 Å². The van der Waals surface area contributed by atoms with Crippen molar-refractivity contribution in [1.29, 1.82) is 0 Å². The van der Waals surface area contributed by atoms with Crippen molar-refractivity contribution in [1.82, 2.24) is 4.90 Å². The summed E-state index contributed by atoms with van der Waals surface area (Å²) in [6, 6.07) is 6.58. The molecule has 2 unspecified atom stereocenters. The van der Waals surface area contributed by atoms with Crippen molar-refractivity contribution >= 4 is 23.3 Å². The molecule has 0 N–H and O–H groups in total. The van der Waals surface area contributed by atoms with Crippen LogP contribution in [0.15, 0.2) is 48.3 Å². The van der Waals surface area contributed by atoms with E-state index in [4.69, 9.17) is 4.74 Å². The maximum Gasteiger partial charge on any atom is 0.422 e. The minimum atomic E-state index is -0.592. The maximum atomic E-state index is 12.4. The van der Waals surface area contributed by atoms with Crippen molar-refractivity contribution in [2.75, 3.05) is 18.0 Å². The summed E-state index contributed by atoms with van der Waals surface area (Å²) in [4.78, 5) is 27.8. The number of anilines is 1. The molecule has 3 aliphatic rings. The Morgan fingerprint density at radius 3 is 2.58 bits per heavy atom. The molecule has 26 heavy (non-hydrogen) atoms. The predicted molar refractivity (Wildman–Crippen MR) is 101 cm³/mol. The summed E-state index contributed by atoms with van der Waals surface area (Å²) in [7, 11) is 0. The molecule has 0 radical (unpaired) electrons. The van der Waals surface area contributed by atoms with Crippen LogP contribution in [-0.4, -0.2) is 36.0 Å². The number of imide groups is 1. The number of carbonyl (C=O) groups excluding carboxylic acids is 2. The van der Waals surface area contributed by atoms with Gasteiger partial charge in [-0.3, -0.25) is 4.79 Å². The number of likely N-dealkylation sites (N-methyl/N-ethyl adjacent to an activating group) is 2. The van der Waals surface area contributed by atoms with E-state index >= 15 is 0 Å². The van der Waals surface area contributed by atoms with Gasteiger partial charge in [0.05, 0.1) is 6.04 Å². The summed E-state index contributed by atoms with van der Waals surface area (Å²) >= 11 is 0. The average molecular weight is 350 g/mol. The molecule has 0 spiro atoms. The molecule has 1 aliphatic carbocycles. The lowest BCUT2D eigenvalue weighted by molar-refractivity contribution is -0.123. The lowest BCUT2D eigenvalue weighted by Gasteiger charge is -2.27. The molecular formula is C21H22N2O3. The molecule has 1 aromatic carbocycles. The Morgan fingerprint density at radius 1 is 1.12 bits per heavy atom. The molecule has 1 saturated heterocycles. The Kier molecular flexibility index (Phi) is 3.94. The molecule has 134 valence electrons. The van der Waals surface area contributed by atoms with Crippen LogP contribution in [0.4, 0.5) is 10.5 Å². The quantitative estimate of drug-likeness (QED) is 0.778. The number of amides is 2. The molecule has 4 rings (SSSR count). The third-order valence-electron chi connectivity index (χ3n) is 5.44. The van der Waals surface area contributed by atoms with E-state index in [1.165, 1.54) is 11.3 Å². The predicted octanol–water partition coefficient (Wildman–Crippen LogP) is 3.83. The van der Waals surface area contributed by atoms with Crippen LogP contribution < -0.4 is 4.90 Å². The third kappa shape index (κ3) is 2.30. The van der Waals surface area contributed by atoms with Gasteiger partial charge in [-0.2, -0.15) is 0 Å². The molecule has 5 nitrogen and oxygen atoms in total. The van der Waals surface area contributed by atoms with Gasteiger partial charge in [-0.1, -0.05) is 30.4 Å². The number of ether oxygens (including phenoxy) is 1. The first-order valence-electron chi connectivity index (χ1n) is 9.07. The number of rotatable bonds is 3. The van der Waals surface area contributed by atoms with Crippen LogP contribution >= 0.6 is 0 Å². The van der Waals surface area contributed by atoms with Crippen LogP contribution in [0.1, 0.15) is 37.8 Å². The fourth-order valence-corrected chi connectivity index (χ4v) is 4.07. The zero-order valence-corrected chi connectivity index (χ0v) is 15.2. The highest BCUT2D eigenvalue weighted by Crippen LogP contribution is 2.44. The fourth-order valence-electron chi connectivity index (χ4n) is 4.07. The molecular weight excluding hydrogens is 328 g/mol. The largest absolute Gasteiger partial charge is 0.422 e. The second-order valence-electron chi connectivity index (χ2n) is 6.72. The molecule has 2 amide bonds. The summed E-state index contributed by atoms with van der Waals surface area (Å²) in [5.41, 5.74) is 4.09. The lowest BCUT2D eigenvalue weighted by atomic mass is 9.90. The Morgan fingerprint density at radius 2 is 1.88 bits per heavy atom. The fraction of sp³-hybridized carbons (Fsp3) is 0.333. The first kappa shape index (κ1) is 16.6. The van der Waals surface area contributed by atoms with E-state index in [1.807, 2.05) is 13.0 Å². The smallest absolute Gasteiger partial charge is 0.404 e. The summed E-state index contributed by atoms with van der Waals surface area (Å²) in [5, 5.41) is 0. The average Bonchev–Trinajstić information content (AvgIpc) is 3.14. The van der Waals surface area contributed by atoms with Crippen molar-refractivity contribution in [3.63, 3.8) is 0 Å². The molecule has 2 aliphatic heterocycles. The molecule has 1 fully saturated rings. The SMILES string of the molecule is CCN1C(=O)O/C(=C(\C)c2ccc3c(c2)C2C=CC=CC2N3CC)C1=O. The number of allylic oxidation sites excluding steroid dienone is 3. The summed E-state index contributed by atoms with van der Waals surface area (Å²) < 4.78 is 5.24. The number of carbonyl (C=O) groups is 2. The minimum absolute atomic E-state index is 0.137. The lowest BCUT2D eigenvalue weighted by Crippen LogP contribution is -2.32. The molecule has 1 aromatic rings. The number of fused-ring (bicyclic) bond motifs is 3. The van der Waals surface area contributed by atoms with Gasteiger partial charge < -0.3 is 9.64 Å². The standard InChI is InChI=1S/C21H22N2O3/c1-4-22-17-9-7-6-8-15(17)16-12-14(10-11-18(16)22)13(3)19-20(24)23(5-2)21(25)26-19/h6-12,15,17H,4-5H2,1-3H3/b19-13+. The topological polar surface area (TPSA) is 49.9 Å². The van der Waals surface area contributed by atoms with Crippen molar-refractivity contribution in [3.8, 4) is 0 Å². The van der Waals surface area contributed by atoms with Crippen molar-refractivity contribution in [3.05, 3.63) is 59.4 Å². The van der Waals surface area contributed by atoms with Gasteiger partial charge in [0.1, 0.15) is 0 Å². The molecule has 2 heterocycles. The number of cyclic esters (lactones) is 1. The summed E-state index contributed by atoms with van der Waals surface area (Å²) in [6.45, 7) is 7.00. The van der Waals surface area contributed by atoms with Crippen LogP contribution in [0.3, 0.4) is 0 Å². The van der Waals surface area contributed by atoms with Gasteiger partial charge in [-0.25, -0.2) is 9.69 Å². The Labute approximate surface area is 153 Å². The Bertz CT molecular complexity index is 881. The van der Waals surface area contributed by atoms with Gasteiger partial charge in [-0.15, -0.1) is 0 Å². The highest BCUT2D eigenvalue weighted by atomic mass is 16.6. The summed E-state index contributed by atoms with van der Waals surface area (Å²) in [6.07, 6.45) is 8.06. The molecule has 0 aromatic heterocycles. The van der Waals surface area contributed by atoms with Gasteiger partial charge >= 0.3 is 6.09 Å². The van der Waals surface area contributed by atoms with E-state index in [2.05, 4.69) is 48.3 Å². The second-order valence-corrected chi connectivity index (χ2v) is 6.72.